The van der Waals surface area contributed by atoms with Crippen LogP contribution in [0.3, 0.4) is 0 Å². The maximum Gasteiger partial charge on any atom is 0.286 e. The van der Waals surface area contributed by atoms with E-state index in [1.54, 1.807) is 28.1 Å². The van der Waals surface area contributed by atoms with Crippen molar-refractivity contribution in [1.29, 1.82) is 0 Å². The van der Waals surface area contributed by atoms with Crippen molar-refractivity contribution < 1.29 is 13.2 Å². The molecule has 2 aliphatic rings. The summed E-state index contributed by atoms with van der Waals surface area (Å²) < 4.78 is 26.1. The molecule has 0 unspecified atom stereocenters. The van der Waals surface area contributed by atoms with Gasteiger partial charge in [-0.1, -0.05) is 13.0 Å². The fraction of sp³-hybridized carbons (Fsp3) is 0.556. The molecular weight excluding hydrogens is 338 g/mol. The number of likely N-dealkylation sites (tertiary alicyclic amines) is 1. The fourth-order valence-electron chi connectivity index (χ4n) is 3.24. The van der Waals surface area contributed by atoms with E-state index in [0.29, 0.717) is 24.7 Å². The molecule has 2 heterocycles. The second kappa shape index (κ2) is 6.44. The molecule has 2 aliphatic heterocycles. The van der Waals surface area contributed by atoms with Crippen LogP contribution in [0.15, 0.2) is 28.2 Å². The van der Waals surface area contributed by atoms with Gasteiger partial charge in [-0.25, -0.2) is 8.42 Å². The lowest BCUT2D eigenvalue weighted by molar-refractivity contribution is -0.125. The summed E-state index contributed by atoms with van der Waals surface area (Å²) in [6, 6.07) is 5.08. The van der Waals surface area contributed by atoms with Gasteiger partial charge in [0.1, 0.15) is 0 Å². The Bertz CT molecular complexity index is 822. The number of sulfone groups is 1. The molecule has 0 spiro atoms. The number of benzene rings is 1. The summed E-state index contributed by atoms with van der Waals surface area (Å²) in [6.07, 6.45) is 1.78. The first-order valence-corrected chi connectivity index (χ1v) is 10.2. The molecule has 0 aliphatic carbocycles. The number of hydrazone groups is 1. The van der Waals surface area contributed by atoms with Crippen molar-refractivity contribution in [3.63, 3.8) is 0 Å². The van der Waals surface area contributed by atoms with Crippen LogP contribution in [0, 0.1) is 12.8 Å². The number of nitrogens with zero attached hydrogens (tertiary/aromatic N) is 3. The Morgan fingerprint density at radius 1 is 1.24 bits per heavy atom. The Morgan fingerprint density at radius 2 is 1.88 bits per heavy atom. The number of rotatable bonds is 2. The standard InChI is InChI=1S/C18H25N3O3S/c1-12(2)21-15-11-14(4)5-6-16(15)25(23,24)17(19-21)18(22)20-9-7-13(3)8-10-20/h5-6,11-13H,7-10H2,1-4H3. The van der Waals surface area contributed by atoms with Crippen LogP contribution in [-0.2, 0) is 14.6 Å². The number of hydrogen-bond acceptors (Lipinski definition) is 5. The molecule has 25 heavy (non-hydrogen) atoms. The number of hydrogen-bond donors (Lipinski definition) is 0. The number of anilines is 1. The normalized spacial score (nSPS) is 20.4. The second-order valence-electron chi connectivity index (χ2n) is 7.29. The molecular formula is C18H25N3O3S. The van der Waals surface area contributed by atoms with E-state index >= 15 is 0 Å². The molecule has 1 aromatic rings. The lowest BCUT2D eigenvalue weighted by Crippen LogP contribution is -2.47. The summed E-state index contributed by atoms with van der Waals surface area (Å²) >= 11 is 0. The van der Waals surface area contributed by atoms with E-state index in [1.807, 2.05) is 20.8 Å². The summed E-state index contributed by atoms with van der Waals surface area (Å²) in [5.41, 5.74) is 1.49. The molecule has 0 aromatic heterocycles. The summed E-state index contributed by atoms with van der Waals surface area (Å²) in [5.74, 6) is 0.0774. The van der Waals surface area contributed by atoms with E-state index in [1.165, 1.54) is 0 Å². The molecule has 0 N–H and O–H groups in total. The van der Waals surface area contributed by atoms with Crippen molar-refractivity contribution in [2.75, 3.05) is 18.1 Å². The predicted molar refractivity (Wildman–Crippen MR) is 98.4 cm³/mol. The lowest BCUT2D eigenvalue weighted by Gasteiger charge is -2.34. The molecule has 1 fully saturated rings. The van der Waals surface area contributed by atoms with Gasteiger partial charge in [-0.15, -0.1) is 0 Å². The summed E-state index contributed by atoms with van der Waals surface area (Å²) in [5, 5.41) is 5.57. The molecule has 0 atom stereocenters. The van der Waals surface area contributed by atoms with E-state index in [-0.39, 0.29) is 16.0 Å². The Morgan fingerprint density at radius 3 is 2.48 bits per heavy atom. The van der Waals surface area contributed by atoms with Crippen LogP contribution in [0.4, 0.5) is 5.69 Å². The van der Waals surface area contributed by atoms with Crippen LogP contribution >= 0.6 is 0 Å². The minimum absolute atomic E-state index is 0.0553. The van der Waals surface area contributed by atoms with E-state index in [9.17, 15) is 13.2 Å². The third kappa shape index (κ3) is 3.17. The maximum atomic E-state index is 13.0. The van der Waals surface area contributed by atoms with Crippen molar-refractivity contribution in [1.82, 2.24) is 4.90 Å². The number of carbonyl (C=O) groups excluding carboxylic acids is 1. The van der Waals surface area contributed by atoms with Crippen molar-refractivity contribution in [2.45, 2.75) is 51.5 Å². The highest BCUT2D eigenvalue weighted by Gasteiger charge is 2.40. The highest BCUT2D eigenvalue weighted by molar-refractivity contribution is 8.08. The first-order valence-electron chi connectivity index (χ1n) is 8.74. The monoisotopic (exact) mass is 363 g/mol. The highest BCUT2D eigenvalue weighted by Crippen LogP contribution is 2.34. The summed E-state index contributed by atoms with van der Waals surface area (Å²) in [4.78, 5) is 14.7. The molecule has 0 bridgehead atoms. The number of aryl methyl sites for hydroxylation is 1. The van der Waals surface area contributed by atoms with E-state index in [0.717, 1.165) is 18.4 Å². The molecule has 1 saturated heterocycles. The van der Waals surface area contributed by atoms with Gasteiger partial charge in [0.05, 0.1) is 10.6 Å². The molecule has 0 radical (unpaired) electrons. The Hall–Kier alpha value is -1.89. The zero-order chi connectivity index (χ0) is 18.4. The number of amides is 1. The largest absolute Gasteiger partial charge is 0.337 e. The zero-order valence-corrected chi connectivity index (χ0v) is 16.0. The van der Waals surface area contributed by atoms with Crippen LogP contribution in [-0.4, -0.2) is 43.4 Å². The molecule has 1 amide bonds. The summed E-state index contributed by atoms with van der Waals surface area (Å²) in [7, 11) is -3.91. The molecule has 1 aromatic carbocycles. The Kier molecular flexibility index (Phi) is 4.62. The minimum atomic E-state index is -3.91. The van der Waals surface area contributed by atoms with E-state index in [4.69, 9.17) is 0 Å². The first kappa shape index (κ1) is 17.9. The van der Waals surface area contributed by atoms with Crippen LogP contribution in [0.25, 0.3) is 0 Å². The van der Waals surface area contributed by atoms with Crippen molar-refractivity contribution >= 4 is 26.5 Å². The third-order valence-electron chi connectivity index (χ3n) is 4.85. The maximum absolute atomic E-state index is 13.0. The lowest BCUT2D eigenvalue weighted by atomic mass is 9.99. The van der Waals surface area contributed by atoms with Gasteiger partial charge in [-0.3, -0.25) is 9.80 Å². The summed E-state index contributed by atoms with van der Waals surface area (Å²) in [6.45, 7) is 9.07. The van der Waals surface area contributed by atoms with E-state index in [2.05, 4.69) is 12.0 Å². The van der Waals surface area contributed by atoms with Gasteiger partial charge >= 0.3 is 0 Å². The van der Waals surface area contributed by atoms with Crippen LogP contribution in [0.2, 0.25) is 0 Å². The van der Waals surface area contributed by atoms with E-state index < -0.39 is 15.7 Å². The van der Waals surface area contributed by atoms with Crippen LogP contribution in [0.5, 0.6) is 0 Å². The molecule has 3 rings (SSSR count). The van der Waals surface area contributed by atoms with Gasteiger partial charge in [-0.2, -0.15) is 5.10 Å². The van der Waals surface area contributed by atoms with Gasteiger partial charge in [0, 0.05) is 19.1 Å². The topological polar surface area (TPSA) is 70.1 Å². The fourth-order valence-corrected chi connectivity index (χ4v) is 4.68. The Balaban J connectivity index is 2.05. The molecule has 7 heteroatoms. The molecule has 0 saturated carbocycles. The van der Waals surface area contributed by atoms with Gasteiger partial charge < -0.3 is 4.90 Å². The van der Waals surface area contributed by atoms with Crippen LogP contribution in [0.1, 0.15) is 39.2 Å². The van der Waals surface area contributed by atoms with Crippen molar-refractivity contribution in [3.05, 3.63) is 23.8 Å². The highest BCUT2D eigenvalue weighted by atomic mass is 32.2. The van der Waals surface area contributed by atoms with Crippen molar-refractivity contribution in [3.8, 4) is 0 Å². The minimum Gasteiger partial charge on any atom is -0.337 e. The molecule has 136 valence electrons. The number of piperidine rings is 1. The Labute approximate surface area is 149 Å². The average molecular weight is 363 g/mol. The zero-order valence-electron chi connectivity index (χ0n) is 15.2. The average Bonchev–Trinajstić information content (AvgIpc) is 2.54. The smallest absolute Gasteiger partial charge is 0.286 e. The second-order valence-corrected chi connectivity index (χ2v) is 9.13. The van der Waals surface area contributed by atoms with Gasteiger partial charge in [0.2, 0.25) is 14.9 Å². The predicted octanol–water partition coefficient (Wildman–Crippen LogP) is 2.57. The van der Waals surface area contributed by atoms with Crippen molar-refractivity contribution in [2.24, 2.45) is 11.0 Å². The van der Waals surface area contributed by atoms with Crippen LogP contribution < -0.4 is 5.01 Å². The van der Waals surface area contributed by atoms with Gasteiger partial charge in [-0.05, 0) is 57.2 Å². The third-order valence-corrected chi connectivity index (χ3v) is 6.54. The SMILES string of the molecule is Cc1ccc2c(c1)N(C(C)C)N=C(C(=O)N1CCC(C)CC1)S2(=O)=O. The number of fused-ring (bicyclic) bond motifs is 1. The van der Waals surface area contributed by atoms with Gasteiger partial charge in [0.25, 0.3) is 5.91 Å². The van der Waals surface area contributed by atoms with Gasteiger partial charge in [0.15, 0.2) is 0 Å². The quantitative estimate of drug-likeness (QED) is 0.810. The molecule has 6 nitrogen and oxygen atoms in total. The first-order chi connectivity index (χ1) is 11.7. The number of carbonyl (C=O) groups is 1.